The van der Waals surface area contributed by atoms with Crippen molar-refractivity contribution in [2.45, 2.75) is 31.7 Å². The lowest BCUT2D eigenvalue weighted by Crippen LogP contribution is -2.36. The number of pyridine rings is 1. The molecule has 0 aliphatic carbocycles. The highest BCUT2D eigenvalue weighted by Gasteiger charge is 2.25. The largest absolute Gasteiger partial charge is 0.324 e. The predicted octanol–water partition coefficient (Wildman–Crippen LogP) is 3.78. The maximum atomic E-state index is 13.6. The van der Waals surface area contributed by atoms with Crippen LogP contribution < -0.4 is 5.32 Å². The molecule has 0 bridgehead atoms. The van der Waals surface area contributed by atoms with E-state index in [1.807, 2.05) is 24.4 Å². The fourth-order valence-electron chi connectivity index (χ4n) is 3.19. The zero-order valence-electron chi connectivity index (χ0n) is 13.6. The van der Waals surface area contributed by atoms with Gasteiger partial charge < -0.3 is 5.32 Å². The van der Waals surface area contributed by atoms with Crippen LogP contribution in [0.3, 0.4) is 0 Å². The van der Waals surface area contributed by atoms with E-state index >= 15 is 0 Å². The number of carbonyl (C=O) groups is 1. The van der Waals surface area contributed by atoms with Crippen molar-refractivity contribution >= 4 is 11.6 Å². The fraction of sp³-hybridized carbons (Fsp3) is 0.368. The van der Waals surface area contributed by atoms with Gasteiger partial charge in [-0.15, -0.1) is 0 Å². The molecular weight excluding hydrogens is 305 g/mol. The topological polar surface area (TPSA) is 45.2 Å². The van der Waals surface area contributed by atoms with E-state index < -0.39 is 5.82 Å². The van der Waals surface area contributed by atoms with Crippen molar-refractivity contribution in [1.29, 1.82) is 0 Å². The molecule has 4 nitrogen and oxygen atoms in total. The molecule has 1 aromatic carbocycles. The molecule has 1 aliphatic heterocycles. The molecule has 24 heavy (non-hydrogen) atoms. The van der Waals surface area contributed by atoms with Gasteiger partial charge >= 0.3 is 0 Å². The maximum Gasteiger partial charge on any atom is 0.225 e. The van der Waals surface area contributed by atoms with Crippen LogP contribution in [0.15, 0.2) is 48.7 Å². The van der Waals surface area contributed by atoms with Gasteiger partial charge in [0.05, 0.1) is 17.4 Å². The smallest absolute Gasteiger partial charge is 0.225 e. The molecule has 0 saturated carbocycles. The molecule has 1 fully saturated rings. The van der Waals surface area contributed by atoms with Crippen LogP contribution in [0.25, 0.3) is 0 Å². The Morgan fingerprint density at radius 3 is 2.83 bits per heavy atom. The minimum Gasteiger partial charge on any atom is -0.324 e. The third kappa shape index (κ3) is 4.17. The third-order valence-corrected chi connectivity index (χ3v) is 4.42. The second kappa shape index (κ2) is 8.02. The van der Waals surface area contributed by atoms with E-state index in [4.69, 9.17) is 0 Å². The van der Waals surface area contributed by atoms with Gasteiger partial charge in [0.25, 0.3) is 0 Å². The van der Waals surface area contributed by atoms with Gasteiger partial charge in [0.15, 0.2) is 0 Å². The van der Waals surface area contributed by atoms with E-state index in [1.165, 1.54) is 12.5 Å². The Kier molecular flexibility index (Phi) is 5.54. The van der Waals surface area contributed by atoms with Crippen molar-refractivity contribution in [2.24, 2.45) is 0 Å². The third-order valence-electron chi connectivity index (χ3n) is 4.42. The van der Waals surface area contributed by atoms with Crippen molar-refractivity contribution in [1.82, 2.24) is 9.88 Å². The fourth-order valence-corrected chi connectivity index (χ4v) is 3.19. The number of hydrogen-bond acceptors (Lipinski definition) is 3. The van der Waals surface area contributed by atoms with Gasteiger partial charge in [-0.25, -0.2) is 4.39 Å². The summed E-state index contributed by atoms with van der Waals surface area (Å²) in [7, 11) is 0. The minimum atomic E-state index is -0.407. The number of para-hydroxylation sites is 1. The first-order valence-electron chi connectivity index (χ1n) is 8.43. The van der Waals surface area contributed by atoms with E-state index in [2.05, 4.69) is 15.2 Å². The minimum absolute atomic E-state index is 0.162. The van der Waals surface area contributed by atoms with Crippen molar-refractivity contribution in [3.63, 3.8) is 0 Å². The monoisotopic (exact) mass is 327 g/mol. The van der Waals surface area contributed by atoms with Gasteiger partial charge in [-0.2, -0.15) is 0 Å². The van der Waals surface area contributed by atoms with Crippen LogP contribution in [0.1, 0.15) is 37.4 Å². The van der Waals surface area contributed by atoms with Crippen LogP contribution >= 0.6 is 0 Å². The Morgan fingerprint density at radius 1 is 1.21 bits per heavy atom. The molecule has 126 valence electrons. The number of halogens is 1. The molecule has 3 rings (SSSR count). The van der Waals surface area contributed by atoms with Gasteiger partial charge in [-0.1, -0.05) is 24.6 Å². The first-order chi connectivity index (χ1) is 11.7. The summed E-state index contributed by atoms with van der Waals surface area (Å²) < 4.78 is 13.6. The molecule has 1 aromatic heterocycles. The molecule has 1 amide bonds. The SMILES string of the molecule is O=C(CCN1CCCCC1c1ccccn1)Nc1ccccc1F. The molecule has 1 unspecified atom stereocenters. The molecule has 0 spiro atoms. The zero-order chi connectivity index (χ0) is 16.8. The van der Waals surface area contributed by atoms with Crippen LogP contribution in [-0.2, 0) is 4.79 Å². The van der Waals surface area contributed by atoms with Gasteiger partial charge in [-0.05, 0) is 43.7 Å². The number of nitrogens with zero attached hydrogens (tertiary/aromatic N) is 2. The Labute approximate surface area is 141 Å². The van der Waals surface area contributed by atoms with E-state index in [1.54, 1.807) is 18.2 Å². The second-order valence-corrected chi connectivity index (χ2v) is 6.08. The number of benzene rings is 1. The van der Waals surface area contributed by atoms with E-state index in [-0.39, 0.29) is 17.6 Å². The van der Waals surface area contributed by atoms with Gasteiger partial charge in [0.1, 0.15) is 5.82 Å². The summed E-state index contributed by atoms with van der Waals surface area (Å²) in [6.07, 6.45) is 5.54. The van der Waals surface area contributed by atoms with Crippen LogP contribution in [-0.4, -0.2) is 28.9 Å². The average molecular weight is 327 g/mol. The van der Waals surface area contributed by atoms with Crippen molar-refractivity contribution < 1.29 is 9.18 Å². The average Bonchev–Trinajstić information content (AvgIpc) is 2.63. The molecule has 2 aromatic rings. The number of nitrogens with one attached hydrogen (secondary N) is 1. The number of amides is 1. The lowest BCUT2D eigenvalue weighted by Gasteiger charge is -2.35. The number of aromatic nitrogens is 1. The van der Waals surface area contributed by atoms with Crippen LogP contribution in [0.2, 0.25) is 0 Å². The summed E-state index contributed by atoms with van der Waals surface area (Å²) >= 11 is 0. The molecule has 1 N–H and O–H groups in total. The van der Waals surface area contributed by atoms with Gasteiger partial charge in [-0.3, -0.25) is 14.7 Å². The summed E-state index contributed by atoms with van der Waals surface area (Å²) in [6, 6.07) is 12.5. The Morgan fingerprint density at radius 2 is 2.04 bits per heavy atom. The Hall–Kier alpha value is -2.27. The van der Waals surface area contributed by atoms with Crippen molar-refractivity contribution in [3.05, 3.63) is 60.2 Å². The van der Waals surface area contributed by atoms with Crippen LogP contribution in [0.5, 0.6) is 0 Å². The highest BCUT2D eigenvalue weighted by molar-refractivity contribution is 5.90. The summed E-state index contributed by atoms with van der Waals surface area (Å²) in [5.41, 5.74) is 1.30. The lowest BCUT2D eigenvalue weighted by molar-refractivity contribution is -0.116. The van der Waals surface area contributed by atoms with Gasteiger partial charge in [0.2, 0.25) is 5.91 Å². The number of hydrogen-bond donors (Lipinski definition) is 1. The highest BCUT2D eigenvalue weighted by atomic mass is 19.1. The number of rotatable bonds is 5. The number of piperidine rings is 1. The quantitative estimate of drug-likeness (QED) is 0.909. The highest BCUT2D eigenvalue weighted by Crippen LogP contribution is 2.29. The van der Waals surface area contributed by atoms with Crippen LogP contribution in [0, 0.1) is 5.82 Å². The standard InChI is InChI=1S/C19H22FN3O/c20-15-7-1-2-8-16(15)22-19(24)11-14-23-13-6-4-10-18(23)17-9-3-5-12-21-17/h1-3,5,7-9,12,18H,4,6,10-11,13-14H2,(H,22,24). The van der Waals surface area contributed by atoms with E-state index in [9.17, 15) is 9.18 Å². The summed E-state index contributed by atoms with van der Waals surface area (Å²) in [4.78, 5) is 18.9. The second-order valence-electron chi connectivity index (χ2n) is 6.08. The number of likely N-dealkylation sites (tertiary alicyclic amines) is 1. The van der Waals surface area contributed by atoms with Gasteiger partial charge in [0, 0.05) is 19.2 Å². The summed E-state index contributed by atoms with van der Waals surface area (Å²) in [5, 5.41) is 2.65. The van der Waals surface area contributed by atoms with E-state index in [0.29, 0.717) is 13.0 Å². The number of anilines is 1. The van der Waals surface area contributed by atoms with Crippen LogP contribution in [0.4, 0.5) is 10.1 Å². The molecule has 1 atom stereocenters. The van der Waals surface area contributed by atoms with Crippen molar-refractivity contribution in [2.75, 3.05) is 18.4 Å². The maximum absolute atomic E-state index is 13.6. The molecule has 5 heteroatoms. The predicted molar refractivity (Wildman–Crippen MR) is 92.0 cm³/mol. The summed E-state index contributed by atoms with van der Waals surface area (Å²) in [5.74, 6) is -0.569. The summed E-state index contributed by atoms with van der Waals surface area (Å²) in [6.45, 7) is 1.62. The number of carbonyl (C=O) groups excluding carboxylic acids is 1. The molecule has 2 heterocycles. The molecule has 0 radical (unpaired) electrons. The Bertz CT molecular complexity index is 677. The lowest BCUT2D eigenvalue weighted by atomic mass is 9.98. The zero-order valence-corrected chi connectivity index (χ0v) is 13.6. The molecule has 1 aliphatic rings. The Balaban J connectivity index is 1.58. The van der Waals surface area contributed by atoms with Crippen molar-refractivity contribution in [3.8, 4) is 0 Å². The van der Waals surface area contributed by atoms with E-state index in [0.717, 1.165) is 25.1 Å². The molecule has 1 saturated heterocycles. The first-order valence-corrected chi connectivity index (χ1v) is 8.43. The normalized spacial score (nSPS) is 18.3. The molecular formula is C19H22FN3O. The first kappa shape index (κ1) is 16.6.